The monoisotopic (exact) mass is 476 g/mol. The summed E-state index contributed by atoms with van der Waals surface area (Å²) in [5.74, 6) is 0.660. The number of rotatable bonds is 7. The van der Waals surface area contributed by atoms with Gasteiger partial charge in [0.05, 0.1) is 11.9 Å². The van der Waals surface area contributed by atoms with Crippen LogP contribution in [0.4, 0.5) is 0 Å². The molecule has 2 N–H and O–H groups in total. The Balaban J connectivity index is 1.47. The summed E-state index contributed by atoms with van der Waals surface area (Å²) in [4.78, 5) is 13.3. The molecule has 0 aliphatic heterocycles. The molecule has 0 radical (unpaired) electrons. The number of hydrazone groups is 1. The Morgan fingerprint density at radius 2 is 1.50 bits per heavy atom. The van der Waals surface area contributed by atoms with Gasteiger partial charge in [0.15, 0.2) is 11.4 Å². The summed E-state index contributed by atoms with van der Waals surface area (Å²) >= 11 is 0. The number of aryl methyl sites for hydroxylation is 1. The number of amides is 1. The van der Waals surface area contributed by atoms with Crippen molar-refractivity contribution >= 4 is 12.1 Å². The van der Waals surface area contributed by atoms with Crippen LogP contribution >= 0.6 is 0 Å². The van der Waals surface area contributed by atoms with Crippen molar-refractivity contribution in [1.82, 2.24) is 15.2 Å². The van der Waals surface area contributed by atoms with Crippen LogP contribution < -0.4 is 5.43 Å². The Hall–Kier alpha value is -4.75. The van der Waals surface area contributed by atoms with Crippen LogP contribution in [0.5, 0.6) is 0 Å². The van der Waals surface area contributed by atoms with Crippen LogP contribution in [0.3, 0.4) is 0 Å². The van der Waals surface area contributed by atoms with Gasteiger partial charge in [-0.05, 0) is 42.3 Å². The van der Waals surface area contributed by atoms with Crippen molar-refractivity contribution in [2.45, 2.75) is 12.5 Å². The zero-order valence-corrected chi connectivity index (χ0v) is 19.6. The quantitative estimate of drug-likeness (QED) is 0.260. The molecule has 3 aromatic carbocycles. The van der Waals surface area contributed by atoms with Gasteiger partial charge in [-0.3, -0.25) is 4.79 Å². The van der Waals surface area contributed by atoms with E-state index in [-0.39, 0.29) is 0 Å². The standard InChI is InChI=1S/C29H24N4O3/c1-21-17-18-26(36-21)27-22(20-33(32-27)25-15-9-4-10-16-25)19-30-31-28(34)29(35,23-11-5-2-6-12-23)24-13-7-3-8-14-24/h2-20,35H,1H3,(H,31,34). The van der Waals surface area contributed by atoms with Crippen LogP contribution in [0.25, 0.3) is 17.1 Å². The van der Waals surface area contributed by atoms with Gasteiger partial charge in [0, 0.05) is 11.8 Å². The molecular formula is C29H24N4O3. The van der Waals surface area contributed by atoms with E-state index in [4.69, 9.17) is 4.42 Å². The van der Waals surface area contributed by atoms with E-state index in [1.807, 2.05) is 61.5 Å². The number of aromatic nitrogens is 2. The highest BCUT2D eigenvalue weighted by atomic mass is 16.3. The summed E-state index contributed by atoms with van der Waals surface area (Å²) in [6.45, 7) is 1.86. The number of carbonyl (C=O) groups excluding carboxylic acids is 1. The van der Waals surface area contributed by atoms with Gasteiger partial charge in [-0.15, -0.1) is 0 Å². The first-order chi connectivity index (χ1) is 17.6. The average molecular weight is 477 g/mol. The van der Waals surface area contributed by atoms with Crippen molar-refractivity contribution < 1.29 is 14.3 Å². The fourth-order valence-electron chi connectivity index (χ4n) is 3.98. The molecule has 0 unspecified atom stereocenters. The van der Waals surface area contributed by atoms with Crippen molar-refractivity contribution in [3.05, 3.63) is 132 Å². The maximum absolute atomic E-state index is 13.3. The van der Waals surface area contributed by atoms with E-state index >= 15 is 0 Å². The van der Waals surface area contributed by atoms with Crippen LogP contribution in [0.2, 0.25) is 0 Å². The molecule has 0 atom stereocenters. The first kappa shape index (κ1) is 23.0. The lowest BCUT2D eigenvalue weighted by Crippen LogP contribution is -2.43. The molecule has 0 bridgehead atoms. The Labute approximate surface area is 208 Å². The van der Waals surface area contributed by atoms with Gasteiger partial charge >= 0.3 is 0 Å². The van der Waals surface area contributed by atoms with Gasteiger partial charge in [-0.25, -0.2) is 10.1 Å². The zero-order valence-electron chi connectivity index (χ0n) is 19.6. The maximum Gasteiger partial charge on any atom is 0.281 e. The molecule has 0 aliphatic carbocycles. The van der Waals surface area contributed by atoms with Crippen LogP contribution in [0, 0.1) is 6.92 Å². The average Bonchev–Trinajstić information content (AvgIpc) is 3.56. The predicted octanol–water partition coefficient (Wildman–Crippen LogP) is 4.83. The number of benzene rings is 3. The Morgan fingerprint density at radius 3 is 2.06 bits per heavy atom. The number of nitrogens with zero attached hydrogens (tertiary/aromatic N) is 3. The lowest BCUT2D eigenvalue weighted by Gasteiger charge is -2.27. The third-order valence-corrected chi connectivity index (χ3v) is 5.82. The molecule has 0 saturated carbocycles. The zero-order chi connectivity index (χ0) is 25.0. The normalized spacial score (nSPS) is 11.6. The van der Waals surface area contributed by atoms with Gasteiger partial charge in [-0.2, -0.15) is 10.2 Å². The molecule has 5 aromatic rings. The van der Waals surface area contributed by atoms with Crippen LogP contribution in [0.15, 0.2) is 119 Å². The minimum atomic E-state index is -1.92. The molecule has 36 heavy (non-hydrogen) atoms. The van der Waals surface area contributed by atoms with Crippen LogP contribution in [-0.2, 0) is 10.4 Å². The number of hydrogen-bond donors (Lipinski definition) is 2. The molecule has 0 saturated heterocycles. The molecule has 0 spiro atoms. The van der Waals surface area contributed by atoms with Crippen molar-refractivity contribution in [2.75, 3.05) is 0 Å². The van der Waals surface area contributed by atoms with E-state index in [1.54, 1.807) is 59.4 Å². The minimum Gasteiger partial charge on any atom is -0.460 e. The lowest BCUT2D eigenvalue weighted by molar-refractivity contribution is -0.136. The second-order valence-corrected chi connectivity index (χ2v) is 8.27. The topological polar surface area (TPSA) is 92.7 Å². The maximum atomic E-state index is 13.3. The van der Waals surface area contributed by atoms with E-state index in [2.05, 4.69) is 15.6 Å². The molecular weight excluding hydrogens is 452 g/mol. The van der Waals surface area contributed by atoms with E-state index in [0.717, 1.165) is 11.4 Å². The van der Waals surface area contributed by atoms with E-state index < -0.39 is 11.5 Å². The van der Waals surface area contributed by atoms with Gasteiger partial charge in [0.25, 0.3) is 5.91 Å². The summed E-state index contributed by atoms with van der Waals surface area (Å²) < 4.78 is 7.51. The fourth-order valence-corrected chi connectivity index (χ4v) is 3.98. The van der Waals surface area contributed by atoms with Gasteiger partial charge in [-0.1, -0.05) is 78.9 Å². The first-order valence-corrected chi connectivity index (χ1v) is 11.4. The second kappa shape index (κ2) is 9.85. The molecule has 7 nitrogen and oxygen atoms in total. The molecule has 1 amide bonds. The van der Waals surface area contributed by atoms with E-state index in [9.17, 15) is 9.90 Å². The third-order valence-electron chi connectivity index (χ3n) is 5.82. The largest absolute Gasteiger partial charge is 0.460 e. The summed E-state index contributed by atoms with van der Waals surface area (Å²) in [5.41, 5.74) is 3.55. The highest BCUT2D eigenvalue weighted by molar-refractivity contribution is 5.92. The van der Waals surface area contributed by atoms with Crippen molar-refractivity contribution in [2.24, 2.45) is 5.10 Å². The Morgan fingerprint density at radius 1 is 0.917 bits per heavy atom. The highest BCUT2D eigenvalue weighted by Gasteiger charge is 2.39. The predicted molar refractivity (Wildman–Crippen MR) is 138 cm³/mol. The summed E-state index contributed by atoms with van der Waals surface area (Å²) in [5, 5.41) is 20.4. The molecule has 0 fully saturated rings. The summed E-state index contributed by atoms with van der Waals surface area (Å²) in [6, 6.07) is 30.9. The molecule has 2 heterocycles. The summed E-state index contributed by atoms with van der Waals surface area (Å²) in [6.07, 6.45) is 3.30. The Kier molecular flexibility index (Phi) is 6.30. The molecule has 7 heteroatoms. The Bertz CT molecular complexity index is 1450. The van der Waals surface area contributed by atoms with Crippen molar-refractivity contribution in [3.63, 3.8) is 0 Å². The first-order valence-electron chi connectivity index (χ1n) is 11.4. The highest BCUT2D eigenvalue weighted by Crippen LogP contribution is 2.30. The fraction of sp³-hybridized carbons (Fsp3) is 0.0690. The van der Waals surface area contributed by atoms with E-state index in [1.165, 1.54) is 6.21 Å². The second-order valence-electron chi connectivity index (χ2n) is 8.27. The third kappa shape index (κ3) is 4.47. The lowest BCUT2D eigenvalue weighted by atomic mass is 9.85. The number of nitrogens with one attached hydrogen (secondary N) is 1. The number of aliphatic hydroxyl groups is 1. The molecule has 5 rings (SSSR count). The van der Waals surface area contributed by atoms with Gasteiger partial charge in [0.1, 0.15) is 11.5 Å². The van der Waals surface area contributed by atoms with Crippen molar-refractivity contribution in [3.8, 4) is 17.1 Å². The van der Waals surface area contributed by atoms with Crippen LogP contribution in [-0.4, -0.2) is 27.0 Å². The van der Waals surface area contributed by atoms with E-state index in [0.29, 0.717) is 28.1 Å². The van der Waals surface area contributed by atoms with Crippen LogP contribution in [0.1, 0.15) is 22.5 Å². The van der Waals surface area contributed by atoms with Gasteiger partial charge in [0.2, 0.25) is 0 Å². The molecule has 2 aromatic heterocycles. The van der Waals surface area contributed by atoms with Crippen molar-refractivity contribution in [1.29, 1.82) is 0 Å². The number of furan rings is 1. The summed E-state index contributed by atoms with van der Waals surface area (Å²) in [7, 11) is 0. The molecule has 178 valence electrons. The minimum absolute atomic E-state index is 0.438. The number of hydrogen-bond acceptors (Lipinski definition) is 5. The number of para-hydroxylation sites is 1. The number of carbonyl (C=O) groups is 1. The molecule has 0 aliphatic rings. The smallest absolute Gasteiger partial charge is 0.281 e. The van der Waals surface area contributed by atoms with Gasteiger partial charge < -0.3 is 9.52 Å². The SMILES string of the molecule is Cc1ccc(-c2nn(-c3ccccc3)cc2C=NNC(=O)C(O)(c2ccccc2)c2ccccc2)o1.